The van der Waals surface area contributed by atoms with E-state index in [4.69, 9.17) is 20.8 Å². The largest absolute Gasteiger partial charge is 0.449 e. The molecule has 144 valence electrons. The van der Waals surface area contributed by atoms with Crippen LogP contribution in [0.2, 0.25) is 5.02 Å². The van der Waals surface area contributed by atoms with Crippen LogP contribution in [0, 0.1) is 5.82 Å². The molecule has 2 aromatic carbocycles. The van der Waals surface area contributed by atoms with Gasteiger partial charge in [0.05, 0.1) is 5.02 Å². The Labute approximate surface area is 166 Å². The maximum atomic E-state index is 12.9. The lowest BCUT2D eigenvalue weighted by Gasteiger charge is -2.12. The first-order valence-electron chi connectivity index (χ1n) is 8.52. The SMILES string of the molecule is C[C@@H](OC(=O)c1ccc(-c2ccccc2Cl)o1)C(=O)NCc1ccc(F)cc1. The molecule has 1 aromatic heterocycles. The van der Waals surface area contributed by atoms with Gasteiger partial charge in [-0.15, -0.1) is 0 Å². The van der Waals surface area contributed by atoms with Crippen molar-refractivity contribution < 1.29 is 23.1 Å². The normalized spacial score (nSPS) is 11.7. The molecule has 5 nitrogen and oxygen atoms in total. The van der Waals surface area contributed by atoms with Crippen LogP contribution in [0.25, 0.3) is 11.3 Å². The molecule has 0 unspecified atom stereocenters. The third-order valence-corrected chi connectivity index (χ3v) is 4.31. The van der Waals surface area contributed by atoms with Gasteiger partial charge in [0, 0.05) is 12.1 Å². The fraction of sp³-hybridized carbons (Fsp3) is 0.143. The lowest BCUT2D eigenvalue weighted by atomic mass is 10.2. The van der Waals surface area contributed by atoms with Crippen molar-refractivity contribution in [1.82, 2.24) is 5.32 Å². The van der Waals surface area contributed by atoms with Crippen LogP contribution in [0.4, 0.5) is 4.39 Å². The standard InChI is InChI=1S/C21H17ClFNO4/c1-13(20(25)24-12-14-6-8-15(23)9-7-14)27-21(26)19-11-10-18(28-19)16-4-2-3-5-17(16)22/h2-11,13H,12H2,1H3,(H,24,25)/t13-/m1/s1. The van der Waals surface area contributed by atoms with Gasteiger partial charge >= 0.3 is 5.97 Å². The van der Waals surface area contributed by atoms with Crippen LogP contribution in [0.1, 0.15) is 23.0 Å². The number of carbonyl (C=O) groups is 2. The monoisotopic (exact) mass is 401 g/mol. The van der Waals surface area contributed by atoms with E-state index in [1.54, 1.807) is 42.5 Å². The van der Waals surface area contributed by atoms with Gasteiger partial charge in [-0.1, -0.05) is 35.9 Å². The molecule has 0 saturated carbocycles. The van der Waals surface area contributed by atoms with Gasteiger partial charge in [-0.25, -0.2) is 9.18 Å². The first-order chi connectivity index (χ1) is 13.4. The highest BCUT2D eigenvalue weighted by Crippen LogP contribution is 2.29. The number of carbonyl (C=O) groups excluding carboxylic acids is 2. The van der Waals surface area contributed by atoms with E-state index in [9.17, 15) is 14.0 Å². The van der Waals surface area contributed by atoms with E-state index in [1.807, 2.05) is 0 Å². The Kier molecular flexibility index (Phi) is 6.11. The van der Waals surface area contributed by atoms with Crippen LogP contribution in [0.15, 0.2) is 65.1 Å². The first-order valence-corrected chi connectivity index (χ1v) is 8.89. The summed E-state index contributed by atoms with van der Waals surface area (Å²) in [6, 6.07) is 15.9. The van der Waals surface area contributed by atoms with Crippen molar-refractivity contribution in [3.05, 3.63) is 82.8 Å². The molecule has 0 saturated heterocycles. The molecule has 0 bridgehead atoms. The van der Waals surface area contributed by atoms with Crippen molar-refractivity contribution in [2.24, 2.45) is 0 Å². The molecule has 3 rings (SSSR count). The quantitative estimate of drug-likeness (QED) is 0.613. The summed E-state index contributed by atoms with van der Waals surface area (Å²) in [7, 11) is 0. The number of furan rings is 1. The summed E-state index contributed by atoms with van der Waals surface area (Å²) in [5.74, 6) is -1.20. The van der Waals surface area contributed by atoms with Crippen molar-refractivity contribution in [3.63, 3.8) is 0 Å². The number of amides is 1. The van der Waals surface area contributed by atoms with Crippen molar-refractivity contribution in [2.75, 3.05) is 0 Å². The molecular formula is C21H17ClFNO4. The van der Waals surface area contributed by atoms with Crippen molar-refractivity contribution in [1.29, 1.82) is 0 Å². The molecule has 7 heteroatoms. The van der Waals surface area contributed by atoms with Crippen molar-refractivity contribution in [2.45, 2.75) is 19.6 Å². The fourth-order valence-corrected chi connectivity index (χ4v) is 2.69. The molecule has 0 aliphatic rings. The van der Waals surface area contributed by atoms with Gasteiger partial charge in [-0.2, -0.15) is 0 Å². The molecular weight excluding hydrogens is 385 g/mol. The topological polar surface area (TPSA) is 68.5 Å². The predicted octanol–water partition coefficient (Wildman–Crippen LogP) is 4.60. The van der Waals surface area contributed by atoms with Crippen LogP contribution >= 0.6 is 11.6 Å². The third kappa shape index (κ3) is 4.78. The fourth-order valence-electron chi connectivity index (χ4n) is 2.46. The Bertz CT molecular complexity index is 984. The van der Waals surface area contributed by atoms with Crippen LogP contribution in [0.5, 0.6) is 0 Å². The van der Waals surface area contributed by atoms with Gasteiger partial charge in [0.25, 0.3) is 5.91 Å². The van der Waals surface area contributed by atoms with E-state index in [1.165, 1.54) is 25.1 Å². The highest BCUT2D eigenvalue weighted by molar-refractivity contribution is 6.33. The molecule has 1 atom stereocenters. The zero-order chi connectivity index (χ0) is 20.1. The number of rotatable bonds is 6. The predicted molar refractivity (Wildman–Crippen MR) is 102 cm³/mol. The minimum Gasteiger partial charge on any atom is -0.449 e. The maximum Gasteiger partial charge on any atom is 0.375 e. The summed E-state index contributed by atoms with van der Waals surface area (Å²) in [5, 5.41) is 3.12. The molecule has 1 N–H and O–H groups in total. The second-order valence-corrected chi connectivity index (χ2v) is 6.44. The summed E-state index contributed by atoms with van der Waals surface area (Å²) in [5.41, 5.74) is 1.37. The van der Waals surface area contributed by atoms with Gasteiger partial charge in [0.1, 0.15) is 11.6 Å². The van der Waals surface area contributed by atoms with Crippen LogP contribution in [-0.2, 0) is 16.1 Å². The minimum absolute atomic E-state index is 0.0342. The Balaban J connectivity index is 1.57. The summed E-state index contributed by atoms with van der Waals surface area (Å²) in [6.45, 7) is 1.65. The zero-order valence-electron chi connectivity index (χ0n) is 14.9. The Morgan fingerprint density at radius 1 is 1.11 bits per heavy atom. The summed E-state index contributed by atoms with van der Waals surface area (Å²) in [6.07, 6.45) is -1.03. The van der Waals surface area contributed by atoms with Gasteiger partial charge in [-0.05, 0) is 48.9 Å². The Morgan fingerprint density at radius 2 is 1.82 bits per heavy atom. The van der Waals surface area contributed by atoms with E-state index in [-0.39, 0.29) is 18.1 Å². The highest BCUT2D eigenvalue weighted by Gasteiger charge is 2.21. The number of hydrogen-bond acceptors (Lipinski definition) is 4. The smallest absolute Gasteiger partial charge is 0.375 e. The van der Waals surface area contributed by atoms with E-state index < -0.39 is 18.0 Å². The summed E-state index contributed by atoms with van der Waals surface area (Å²) >= 11 is 6.12. The first kappa shape index (κ1) is 19.6. The van der Waals surface area contributed by atoms with Gasteiger partial charge in [0.2, 0.25) is 5.76 Å². The molecule has 28 heavy (non-hydrogen) atoms. The highest BCUT2D eigenvalue weighted by atomic mass is 35.5. The molecule has 3 aromatic rings. The number of halogens is 2. The van der Waals surface area contributed by atoms with Gasteiger partial charge in [-0.3, -0.25) is 4.79 Å². The molecule has 0 aliphatic carbocycles. The lowest BCUT2D eigenvalue weighted by molar-refractivity contribution is -0.129. The molecule has 1 amide bonds. The van der Waals surface area contributed by atoms with E-state index in [2.05, 4.69) is 5.32 Å². The molecule has 0 aliphatic heterocycles. The zero-order valence-corrected chi connectivity index (χ0v) is 15.7. The number of benzene rings is 2. The van der Waals surface area contributed by atoms with E-state index >= 15 is 0 Å². The second-order valence-electron chi connectivity index (χ2n) is 6.04. The Hall–Kier alpha value is -3.12. The number of hydrogen-bond donors (Lipinski definition) is 1. The van der Waals surface area contributed by atoms with E-state index in [0.717, 1.165) is 5.56 Å². The number of nitrogens with one attached hydrogen (secondary N) is 1. The average Bonchev–Trinajstić information content (AvgIpc) is 3.17. The van der Waals surface area contributed by atoms with Crippen LogP contribution in [0.3, 0.4) is 0 Å². The summed E-state index contributed by atoms with van der Waals surface area (Å²) in [4.78, 5) is 24.3. The van der Waals surface area contributed by atoms with Crippen LogP contribution in [-0.4, -0.2) is 18.0 Å². The summed E-state index contributed by atoms with van der Waals surface area (Å²) < 4.78 is 23.5. The average molecular weight is 402 g/mol. The maximum absolute atomic E-state index is 12.9. The Morgan fingerprint density at radius 3 is 2.54 bits per heavy atom. The molecule has 0 spiro atoms. The number of esters is 1. The minimum atomic E-state index is -1.03. The van der Waals surface area contributed by atoms with Crippen molar-refractivity contribution in [3.8, 4) is 11.3 Å². The van der Waals surface area contributed by atoms with Crippen molar-refractivity contribution >= 4 is 23.5 Å². The third-order valence-electron chi connectivity index (χ3n) is 3.98. The van der Waals surface area contributed by atoms with Crippen LogP contribution < -0.4 is 5.32 Å². The van der Waals surface area contributed by atoms with Gasteiger partial charge < -0.3 is 14.5 Å². The molecule has 1 heterocycles. The lowest BCUT2D eigenvalue weighted by Crippen LogP contribution is -2.35. The van der Waals surface area contributed by atoms with E-state index in [0.29, 0.717) is 16.3 Å². The number of ether oxygens (including phenoxy) is 1. The second kappa shape index (κ2) is 8.71. The van der Waals surface area contributed by atoms with Gasteiger partial charge in [0.15, 0.2) is 6.10 Å². The molecule has 0 radical (unpaired) electrons. The molecule has 0 fully saturated rings.